The predicted molar refractivity (Wildman–Crippen MR) is 67.0 cm³/mol. The molecule has 0 unspecified atom stereocenters. The fourth-order valence-corrected chi connectivity index (χ4v) is 2.93. The Hall–Kier alpha value is -0.820. The van der Waals surface area contributed by atoms with Gasteiger partial charge in [0.05, 0.1) is 0 Å². The summed E-state index contributed by atoms with van der Waals surface area (Å²) >= 11 is 0. The van der Waals surface area contributed by atoms with Crippen LogP contribution in [0.1, 0.15) is 38.5 Å². The molecule has 0 aromatic heterocycles. The minimum absolute atomic E-state index is 0.0420. The van der Waals surface area contributed by atoms with Crippen molar-refractivity contribution in [3.8, 4) is 0 Å². The van der Waals surface area contributed by atoms with Gasteiger partial charge in [0.2, 0.25) is 5.91 Å². The van der Waals surface area contributed by atoms with Crippen LogP contribution in [0, 0.1) is 5.92 Å². The molecule has 1 aliphatic heterocycles. The zero-order valence-electron chi connectivity index (χ0n) is 11.3. The number of piperidine rings is 1. The van der Waals surface area contributed by atoms with Crippen molar-refractivity contribution < 1.29 is 23.1 Å². The third-order valence-corrected chi connectivity index (χ3v) is 4.40. The van der Waals surface area contributed by atoms with E-state index in [9.17, 15) is 23.1 Å². The second kappa shape index (κ2) is 5.89. The average Bonchev–Trinajstić information content (AvgIpc) is 2.41. The number of carbonyl (C=O) groups excluding carboxylic acids is 1. The molecule has 7 heteroatoms. The van der Waals surface area contributed by atoms with Crippen LogP contribution in [-0.2, 0) is 4.79 Å². The van der Waals surface area contributed by atoms with Gasteiger partial charge in [0.15, 0.2) is 5.60 Å². The highest BCUT2D eigenvalue weighted by Crippen LogP contribution is 2.41. The number of carbonyl (C=O) groups is 1. The van der Waals surface area contributed by atoms with Crippen LogP contribution in [0.4, 0.5) is 13.2 Å². The first-order chi connectivity index (χ1) is 9.32. The summed E-state index contributed by atoms with van der Waals surface area (Å²) in [5.41, 5.74) is -2.58. The van der Waals surface area contributed by atoms with Crippen molar-refractivity contribution in [3.05, 3.63) is 0 Å². The van der Waals surface area contributed by atoms with Crippen molar-refractivity contribution in [2.75, 3.05) is 13.1 Å². The predicted octanol–water partition coefficient (Wildman–Crippen LogP) is 1.34. The van der Waals surface area contributed by atoms with E-state index in [1.165, 1.54) is 0 Å². The van der Waals surface area contributed by atoms with Crippen LogP contribution in [0.15, 0.2) is 0 Å². The maximum absolute atomic E-state index is 12.7. The molecule has 2 rings (SSSR count). The van der Waals surface area contributed by atoms with Crippen molar-refractivity contribution in [1.29, 1.82) is 0 Å². The number of amides is 1. The van der Waals surface area contributed by atoms with E-state index in [1.807, 2.05) is 0 Å². The molecule has 3 N–H and O–H groups in total. The van der Waals surface area contributed by atoms with Gasteiger partial charge in [-0.15, -0.1) is 0 Å². The first kappa shape index (κ1) is 15.6. The molecule has 1 heterocycles. The van der Waals surface area contributed by atoms with Gasteiger partial charge in [0, 0.05) is 12.0 Å². The molecule has 116 valence electrons. The van der Waals surface area contributed by atoms with Crippen LogP contribution in [0.25, 0.3) is 0 Å². The second-order valence-electron chi connectivity index (χ2n) is 5.84. The maximum Gasteiger partial charge on any atom is 0.417 e. The van der Waals surface area contributed by atoms with Gasteiger partial charge in [-0.3, -0.25) is 4.79 Å². The summed E-state index contributed by atoms with van der Waals surface area (Å²) in [6, 6.07) is -0.250. The van der Waals surface area contributed by atoms with E-state index >= 15 is 0 Å². The Labute approximate surface area is 116 Å². The molecule has 0 radical (unpaired) electrons. The summed E-state index contributed by atoms with van der Waals surface area (Å²) in [6.45, 7) is 1.60. The molecule has 1 saturated carbocycles. The average molecular weight is 294 g/mol. The van der Waals surface area contributed by atoms with Crippen LogP contribution in [0.5, 0.6) is 0 Å². The van der Waals surface area contributed by atoms with E-state index in [0.29, 0.717) is 0 Å². The highest BCUT2D eigenvalue weighted by Gasteiger charge is 2.54. The molecular weight excluding hydrogens is 273 g/mol. The summed E-state index contributed by atoms with van der Waals surface area (Å²) in [4.78, 5) is 12.0. The molecular formula is C13H21F3N2O2. The topological polar surface area (TPSA) is 61.4 Å². The number of hydrogen-bond acceptors (Lipinski definition) is 3. The zero-order chi connectivity index (χ0) is 14.8. The molecule has 0 spiro atoms. The van der Waals surface area contributed by atoms with Crippen molar-refractivity contribution in [2.45, 2.75) is 56.3 Å². The van der Waals surface area contributed by atoms with E-state index in [2.05, 4.69) is 10.6 Å². The van der Waals surface area contributed by atoms with Crippen LogP contribution in [-0.4, -0.2) is 41.9 Å². The van der Waals surface area contributed by atoms with Gasteiger partial charge >= 0.3 is 6.18 Å². The molecule has 4 nitrogen and oxygen atoms in total. The minimum atomic E-state index is -4.59. The van der Waals surface area contributed by atoms with Gasteiger partial charge in [0.25, 0.3) is 0 Å². The SMILES string of the molecule is O=C(NC1CCC(O)(C(F)(F)F)CC1)C1CCNCC1. The number of rotatable bonds is 2. The fourth-order valence-electron chi connectivity index (χ4n) is 2.93. The monoisotopic (exact) mass is 294 g/mol. The third-order valence-electron chi connectivity index (χ3n) is 4.40. The van der Waals surface area contributed by atoms with Gasteiger partial charge in [-0.05, 0) is 51.6 Å². The Morgan fingerprint density at radius 1 is 1.15 bits per heavy atom. The molecule has 20 heavy (non-hydrogen) atoms. The van der Waals surface area contributed by atoms with Gasteiger partial charge in [0.1, 0.15) is 0 Å². The number of aliphatic hydroxyl groups is 1. The van der Waals surface area contributed by atoms with Gasteiger partial charge in [-0.25, -0.2) is 0 Å². The summed E-state index contributed by atoms with van der Waals surface area (Å²) in [7, 11) is 0. The van der Waals surface area contributed by atoms with Crippen LogP contribution >= 0.6 is 0 Å². The normalized spacial score (nSPS) is 32.9. The molecule has 1 aliphatic carbocycles. The Balaban J connectivity index is 1.81. The van der Waals surface area contributed by atoms with Crippen molar-refractivity contribution in [2.24, 2.45) is 5.92 Å². The van der Waals surface area contributed by atoms with Gasteiger partial charge < -0.3 is 15.7 Å². The third kappa shape index (κ3) is 3.44. The molecule has 2 fully saturated rings. The van der Waals surface area contributed by atoms with E-state index in [-0.39, 0.29) is 43.6 Å². The van der Waals surface area contributed by atoms with Gasteiger partial charge in [-0.2, -0.15) is 13.2 Å². The molecule has 1 saturated heterocycles. The lowest BCUT2D eigenvalue weighted by Crippen LogP contribution is -2.52. The zero-order valence-corrected chi connectivity index (χ0v) is 11.3. The first-order valence-corrected chi connectivity index (χ1v) is 7.12. The van der Waals surface area contributed by atoms with Crippen LogP contribution < -0.4 is 10.6 Å². The molecule has 1 amide bonds. The van der Waals surface area contributed by atoms with E-state index < -0.39 is 11.8 Å². The van der Waals surface area contributed by atoms with E-state index in [4.69, 9.17) is 0 Å². The Morgan fingerprint density at radius 2 is 1.70 bits per heavy atom. The van der Waals surface area contributed by atoms with Crippen LogP contribution in [0.2, 0.25) is 0 Å². The Kier molecular flexibility index (Phi) is 4.59. The lowest BCUT2D eigenvalue weighted by Gasteiger charge is -2.37. The molecule has 0 aromatic carbocycles. The molecule has 0 atom stereocenters. The highest BCUT2D eigenvalue weighted by atomic mass is 19.4. The standard InChI is InChI=1S/C13H21F3N2O2/c14-13(15,16)12(20)5-1-10(2-6-12)18-11(19)9-3-7-17-8-4-9/h9-10,17,20H,1-8H2,(H,18,19). The maximum atomic E-state index is 12.7. The fraction of sp³-hybridized carbons (Fsp3) is 0.923. The van der Waals surface area contributed by atoms with Crippen molar-refractivity contribution in [3.63, 3.8) is 0 Å². The van der Waals surface area contributed by atoms with Crippen molar-refractivity contribution >= 4 is 5.91 Å². The summed E-state index contributed by atoms with van der Waals surface area (Å²) in [6.07, 6.45) is -3.38. The summed E-state index contributed by atoms with van der Waals surface area (Å²) in [5, 5.41) is 15.6. The Morgan fingerprint density at radius 3 is 2.20 bits per heavy atom. The van der Waals surface area contributed by atoms with Gasteiger partial charge in [-0.1, -0.05) is 0 Å². The number of halogens is 3. The lowest BCUT2D eigenvalue weighted by atomic mass is 9.81. The number of hydrogen-bond donors (Lipinski definition) is 3. The molecule has 2 aliphatic rings. The number of nitrogens with one attached hydrogen (secondary N) is 2. The van der Waals surface area contributed by atoms with E-state index in [0.717, 1.165) is 25.9 Å². The second-order valence-corrected chi connectivity index (χ2v) is 5.84. The smallest absolute Gasteiger partial charge is 0.380 e. The largest absolute Gasteiger partial charge is 0.417 e. The highest BCUT2D eigenvalue weighted by molar-refractivity contribution is 5.79. The number of alkyl halides is 3. The lowest BCUT2D eigenvalue weighted by molar-refractivity contribution is -0.270. The summed E-state index contributed by atoms with van der Waals surface area (Å²) < 4.78 is 38.0. The Bertz CT molecular complexity index is 346. The first-order valence-electron chi connectivity index (χ1n) is 7.12. The minimum Gasteiger partial charge on any atom is -0.380 e. The quantitative estimate of drug-likeness (QED) is 0.720. The van der Waals surface area contributed by atoms with E-state index in [1.54, 1.807) is 0 Å². The van der Waals surface area contributed by atoms with Crippen LogP contribution in [0.3, 0.4) is 0 Å². The van der Waals surface area contributed by atoms with Crippen molar-refractivity contribution in [1.82, 2.24) is 10.6 Å². The molecule has 0 bridgehead atoms. The molecule has 0 aromatic rings. The summed E-state index contributed by atoms with van der Waals surface area (Å²) in [5.74, 6) is -0.103.